The first kappa shape index (κ1) is 10.9. The van der Waals surface area contributed by atoms with Crippen LogP contribution in [0.5, 0.6) is 0 Å². The molecule has 0 aliphatic heterocycles. The summed E-state index contributed by atoms with van der Waals surface area (Å²) in [6.45, 7) is 3.43. The summed E-state index contributed by atoms with van der Waals surface area (Å²) >= 11 is 0. The third-order valence-corrected chi connectivity index (χ3v) is 1.40. The van der Waals surface area contributed by atoms with E-state index in [1.54, 1.807) is 6.08 Å². The largest absolute Gasteiger partial charge is 0.478 e. The number of allylic oxidation sites excluding steroid dienone is 1. The number of carboxylic acids is 1. The van der Waals surface area contributed by atoms with Gasteiger partial charge in [0.15, 0.2) is 0 Å². The van der Waals surface area contributed by atoms with Gasteiger partial charge in [-0.3, -0.25) is 0 Å². The highest BCUT2D eigenvalue weighted by Crippen LogP contribution is 2.01. The Balaban J connectivity index is 3.32. The van der Waals surface area contributed by atoms with Gasteiger partial charge in [-0.2, -0.15) is 0 Å². The minimum Gasteiger partial charge on any atom is -0.478 e. The molecular weight excluding hydrogens is 156 g/mol. The summed E-state index contributed by atoms with van der Waals surface area (Å²) in [5, 5.41) is 17.2. The quantitative estimate of drug-likeness (QED) is 0.359. The second kappa shape index (κ2) is 6.61. The molecule has 0 bridgehead atoms. The van der Waals surface area contributed by atoms with E-state index in [9.17, 15) is 4.79 Å². The van der Waals surface area contributed by atoms with Crippen molar-refractivity contribution in [3.8, 4) is 0 Å². The molecule has 0 heterocycles. The summed E-state index contributed by atoms with van der Waals surface area (Å²) in [5.74, 6) is -0.931. The molecule has 0 fully saturated rings. The highest BCUT2D eigenvalue weighted by atomic mass is 16.4. The van der Waals surface area contributed by atoms with Gasteiger partial charge in [-0.1, -0.05) is 12.2 Å². The first-order chi connectivity index (χ1) is 5.66. The molecule has 0 aliphatic rings. The van der Waals surface area contributed by atoms with Crippen LogP contribution in [0.15, 0.2) is 24.8 Å². The van der Waals surface area contributed by atoms with Gasteiger partial charge in [-0.15, -0.1) is 6.58 Å². The number of carbonyl (C=O) groups is 1. The molecule has 0 aromatic carbocycles. The standard InChI is InChI=1S/C9H14O3/c1-2-8(10)6-4-3-5-7-9(11)12/h2,5,7-8,10H,1,3-4,6H2,(H,11,12)/b7-5+/t8-/m0/s1. The lowest BCUT2D eigenvalue weighted by Gasteiger charge is -2.01. The van der Waals surface area contributed by atoms with E-state index in [1.165, 1.54) is 6.08 Å². The fraction of sp³-hybridized carbons (Fsp3) is 0.444. The van der Waals surface area contributed by atoms with Gasteiger partial charge in [0.1, 0.15) is 0 Å². The molecule has 0 aromatic heterocycles. The number of hydrogen-bond acceptors (Lipinski definition) is 2. The summed E-state index contributed by atoms with van der Waals surface area (Å²) < 4.78 is 0. The Hall–Kier alpha value is -1.09. The number of hydrogen-bond donors (Lipinski definition) is 2. The maximum atomic E-state index is 10.0. The normalized spacial score (nSPS) is 13.1. The van der Waals surface area contributed by atoms with E-state index < -0.39 is 12.1 Å². The molecule has 12 heavy (non-hydrogen) atoms. The molecule has 0 amide bonds. The van der Waals surface area contributed by atoms with Crippen LogP contribution in [0, 0.1) is 0 Å². The Kier molecular flexibility index (Phi) is 6.01. The van der Waals surface area contributed by atoms with Crippen molar-refractivity contribution in [2.75, 3.05) is 0 Å². The van der Waals surface area contributed by atoms with Gasteiger partial charge in [-0.05, 0) is 19.3 Å². The summed E-state index contributed by atoms with van der Waals surface area (Å²) in [6.07, 6.45) is 5.78. The molecule has 3 nitrogen and oxygen atoms in total. The lowest BCUT2D eigenvalue weighted by Crippen LogP contribution is -1.99. The van der Waals surface area contributed by atoms with E-state index in [0.717, 1.165) is 12.5 Å². The van der Waals surface area contributed by atoms with E-state index in [1.807, 2.05) is 0 Å². The number of aliphatic hydroxyl groups excluding tert-OH is 1. The number of rotatable bonds is 6. The lowest BCUT2D eigenvalue weighted by atomic mass is 10.1. The third-order valence-electron chi connectivity index (χ3n) is 1.40. The predicted molar refractivity (Wildman–Crippen MR) is 46.8 cm³/mol. The highest BCUT2D eigenvalue weighted by molar-refractivity contribution is 5.79. The second-order valence-electron chi connectivity index (χ2n) is 2.47. The van der Waals surface area contributed by atoms with Crippen LogP contribution in [-0.2, 0) is 4.79 Å². The van der Waals surface area contributed by atoms with Gasteiger partial charge in [0.25, 0.3) is 0 Å². The van der Waals surface area contributed by atoms with E-state index in [-0.39, 0.29) is 0 Å². The monoisotopic (exact) mass is 170 g/mol. The molecule has 0 rings (SSSR count). The SMILES string of the molecule is C=C[C@H](O)CCC/C=C/C(=O)O. The Morgan fingerprint density at radius 1 is 1.58 bits per heavy atom. The van der Waals surface area contributed by atoms with Crippen LogP contribution in [-0.4, -0.2) is 22.3 Å². The van der Waals surface area contributed by atoms with Crippen LogP contribution >= 0.6 is 0 Å². The minimum atomic E-state index is -0.931. The van der Waals surface area contributed by atoms with Crippen molar-refractivity contribution in [3.63, 3.8) is 0 Å². The molecular formula is C9H14O3. The Morgan fingerprint density at radius 2 is 2.25 bits per heavy atom. The van der Waals surface area contributed by atoms with Crippen molar-refractivity contribution in [2.24, 2.45) is 0 Å². The first-order valence-electron chi connectivity index (χ1n) is 3.87. The molecule has 0 saturated carbocycles. The van der Waals surface area contributed by atoms with Gasteiger partial charge in [0, 0.05) is 6.08 Å². The van der Waals surface area contributed by atoms with Crippen molar-refractivity contribution in [1.29, 1.82) is 0 Å². The van der Waals surface area contributed by atoms with Gasteiger partial charge in [-0.25, -0.2) is 4.79 Å². The van der Waals surface area contributed by atoms with E-state index in [0.29, 0.717) is 12.8 Å². The van der Waals surface area contributed by atoms with Gasteiger partial charge in [0.2, 0.25) is 0 Å². The predicted octanol–water partition coefficient (Wildman–Crippen LogP) is 1.34. The van der Waals surface area contributed by atoms with Crippen molar-refractivity contribution in [1.82, 2.24) is 0 Å². The number of aliphatic hydroxyl groups is 1. The fourth-order valence-electron chi connectivity index (χ4n) is 0.747. The Morgan fingerprint density at radius 3 is 2.75 bits per heavy atom. The molecule has 0 saturated heterocycles. The Bertz CT molecular complexity index is 173. The van der Waals surface area contributed by atoms with Crippen LogP contribution in [0.4, 0.5) is 0 Å². The van der Waals surface area contributed by atoms with Crippen LogP contribution in [0.2, 0.25) is 0 Å². The van der Waals surface area contributed by atoms with Crippen LogP contribution in [0.25, 0.3) is 0 Å². The molecule has 3 heteroatoms. The van der Waals surface area contributed by atoms with Crippen LogP contribution < -0.4 is 0 Å². The topological polar surface area (TPSA) is 57.5 Å². The summed E-state index contributed by atoms with van der Waals surface area (Å²) in [4.78, 5) is 10.0. The molecule has 0 aromatic rings. The van der Waals surface area contributed by atoms with Crippen molar-refractivity contribution in [3.05, 3.63) is 24.8 Å². The summed E-state index contributed by atoms with van der Waals surface area (Å²) in [7, 11) is 0. The maximum Gasteiger partial charge on any atom is 0.327 e. The van der Waals surface area contributed by atoms with Crippen molar-refractivity contribution < 1.29 is 15.0 Å². The zero-order valence-electron chi connectivity index (χ0n) is 6.94. The minimum absolute atomic E-state index is 0.469. The molecule has 0 aliphatic carbocycles. The average Bonchev–Trinajstić information content (AvgIpc) is 2.03. The molecule has 0 unspecified atom stereocenters. The average molecular weight is 170 g/mol. The first-order valence-corrected chi connectivity index (χ1v) is 3.87. The summed E-state index contributed by atoms with van der Waals surface area (Å²) in [6, 6.07) is 0. The smallest absolute Gasteiger partial charge is 0.327 e. The van der Waals surface area contributed by atoms with Crippen molar-refractivity contribution >= 4 is 5.97 Å². The zero-order chi connectivity index (χ0) is 9.40. The number of carboxylic acid groups (broad SMARTS) is 1. The van der Waals surface area contributed by atoms with Gasteiger partial charge in [0.05, 0.1) is 6.10 Å². The van der Waals surface area contributed by atoms with Crippen LogP contribution in [0.1, 0.15) is 19.3 Å². The maximum absolute atomic E-state index is 10.0. The second-order valence-corrected chi connectivity index (χ2v) is 2.47. The number of unbranched alkanes of at least 4 members (excludes halogenated alkanes) is 1. The molecule has 1 atom stereocenters. The van der Waals surface area contributed by atoms with E-state index in [2.05, 4.69) is 6.58 Å². The van der Waals surface area contributed by atoms with E-state index >= 15 is 0 Å². The molecule has 0 spiro atoms. The molecule has 68 valence electrons. The lowest BCUT2D eigenvalue weighted by molar-refractivity contribution is -0.131. The van der Waals surface area contributed by atoms with Gasteiger partial charge < -0.3 is 10.2 Å². The summed E-state index contributed by atoms with van der Waals surface area (Å²) in [5.41, 5.74) is 0. The van der Waals surface area contributed by atoms with E-state index in [4.69, 9.17) is 10.2 Å². The van der Waals surface area contributed by atoms with Gasteiger partial charge >= 0.3 is 5.97 Å². The number of aliphatic carboxylic acids is 1. The fourth-order valence-corrected chi connectivity index (χ4v) is 0.747. The Labute approximate surface area is 72.0 Å². The van der Waals surface area contributed by atoms with Crippen LogP contribution in [0.3, 0.4) is 0 Å². The van der Waals surface area contributed by atoms with Crippen molar-refractivity contribution in [2.45, 2.75) is 25.4 Å². The molecule has 0 radical (unpaired) electrons. The highest BCUT2D eigenvalue weighted by Gasteiger charge is 1.95. The third kappa shape index (κ3) is 7.02. The zero-order valence-corrected chi connectivity index (χ0v) is 6.94. The molecule has 2 N–H and O–H groups in total.